The van der Waals surface area contributed by atoms with E-state index in [4.69, 9.17) is 6.57 Å². The Kier molecular flexibility index (Phi) is 5.59. The summed E-state index contributed by atoms with van der Waals surface area (Å²) in [5.41, 5.74) is 14.2. The highest BCUT2D eigenvalue weighted by molar-refractivity contribution is 6.18. The summed E-state index contributed by atoms with van der Waals surface area (Å²) in [6, 6.07) is 45.8. The fraction of sp³-hybridized carbons (Fsp3) is 0.0222. The third-order valence-corrected chi connectivity index (χ3v) is 10.4. The smallest absolute Gasteiger partial charge is 0.205 e. The van der Waals surface area contributed by atoms with Crippen LogP contribution in [0.3, 0.4) is 0 Å². The molecule has 1 spiro atoms. The van der Waals surface area contributed by atoms with Gasteiger partial charge < -0.3 is 0 Å². The van der Waals surface area contributed by atoms with Crippen molar-refractivity contribution in [1.29, 1.82) is 5.26 Å². The zero-order chi connectivity index (χ0) is 32.7. The summed E-state index contributed by atoms with van der Waals surface area (Å²) in [5.74, 6) is 0. The maximum atomic E-state index is 9.82. The molecule has 49 heavy (non-hydrogen) atoms. The van der Waals surface area contributed by atoms with E-state index in [0.717, 1.165) is 43.8 Å². The molecule has 0 bridgehead atoms. The van der Waals surface area contributed by atoms with Gasteiger partial charge in [-0.2, -0.15) is 5.26 Å². The largest absolute Gasteiger partial charge is 0.276 e. The predicted molar refractivity (Wildman–Crippen MR) is 195 cm³/mol. The van der Waals surface area contributed by atoms with Gasteiger partial charge in [0.15, 0.2) is 0 Å². The van der Waals surface area contributed by atoms with Crippen LogP contribution in [0.25, 0.3) is 70.9 Å². The maximum absolute atomic E-state index is 9.82. The van der Waals surface area contributed by atoms with Gasteiger partial charge in [0.1, 0.15) is 6.07 Å². The SMILES string of the molecule is [C-]#[N+]c1cncc(-c2cc3c(c4ccccc24)-c2c(cc(-c4cncc(C#N)c4)c4ccccc24)C32c3ccccc3-c3ccccc32)c1. The molecule has 2 aromatic heterocycles. The fourth-order valence-electron chi connectivity index (χ4n) is 8.60. The molecule has 0 aliphatic heterocycles. The van der Waals surface area contributed by atoms with E-state index in [0.29, 0.717) is 11.3 Å². The molecule has 4 nitrogen and oxygen atoms in total. The first-order valence-electron chi connectivity index (χ1n) is 16.2. The lowest BCUT2D eigenvalue weighted by molar-refractivity contribution is 0.795. The van der Waals surface area contributed by atoms with Crippen LogP contribution in [0.15, 0.2) is 146 Å². The van der Waals surface area contributed by atoms with Crippen LogP contribution in [-0.2, 0) is 5.41 Å². The summed E-state index contributed by atoms with van der Waals surface area (Å²) in [7, 11) is 0. The lowest BCUT2D eigenvalue weighted by atomic mass is 9.69. The van der Waals surface area contributed by atoms with Crippen molar-refractivity contribution in [2.45, 2.75) is 5.41 Å². The summed E-state index contributed by atoms with van der Waals surface area (Å²) < 4.78 is 0. The molecule has 0 fully saturated rings. The van der Waals surface area contributed by atoms with Gasteiger partial charge in [-0.25, -0.2) is 4.85 Å². The molecule has 6 aromatic carbocycles. The van der Waals surface area contributed by atoms with E-state index >= 15 is 0 Å². The van der Waals surface area contributed by atoms with Crippen molar-refractivity contribution >= 4 is 27.2 Å². The van der Waals surface area contributed by atoms with E-state index in [1.807, 2.05) is 24.5 Å². The summed E-state index contributed by atoms with van der Waals surface area (Å²) in [6.07, 6.45) is 6.98. The number of rotatable bonds is 2. The second-order valence-corrected chi connectivity index (χ2v) is 12.7. The lowest BCUT2D eigenvalue weighted by Crippen LogP contribution is -2.26. The number of nitriles is 1. The number of pyridine rings is 2. The Balaban J connectivity index is 1.45. The summed E-state index contributed by atoms with van der Waals surface area (Å²) in [4.78, 5) is 12.7. The van der Waals surface area contributed by atoms with Gasteiger partial charge in [0.05, 0.1) is 17.6 Å². The highest BCUT2D eigenvalue weighted by atomic mass is 14.7. The van der Waals surface area contributed by atoms with Gasteiger partial charge in [0.2, 0.25) is 5.69 Å². The lowest BCUT2D eigenvalue weighted by Gasteiger charge is -2.31. The summed E-state index contributed by atoms with van der Waals surface area (Å²) in [5, 5.41) is 14.4. The first-order chi connectivity index (χ1) is 24.2. The van der Waals surface area contributed by atoms with E-state index in [9.17, 15) is 5.26 Å². The van der Waals surface area contributed by atoms with Crippen LogP contribution in [0.1, 0.15) is 27.8 Å². The monoisotopic (exact) mass is 620 g/mol. The fourth-order valence-corrected chi connectivity index (χ4v) is 8.60. The highest BCUT2D eigenvalue weighted by Gasteiger charge is 2.53. The predicted octanol–water partition coefficient (Wildman–Crippen LogP) is 10.9. The molecule has 8 aromatic rings. The average molecular weight is 621 g/mol. The molecule has 0 unspecified atom stereocenters. The molecule has 0 saturated carbocycles. The average Bonchev–Trinajstić information content (AvgIpc) is 3.65. The highest BCUT2D eigenvalue weighted by Crippen LogP contribution is 2.66. The number of hydrogen-bond donors (Lipinski definition) is 0. The topological polar surface area (TPSA) is 53.9 Å². The quantitative estimate of drug-likeness (QED) is 0.181. The van der Waals surface area contributed by atoms with Crippen LogP contribution >= 0.6 is 0 Å². The molecule has 4 heteroatoms. The van der Waals surface area contributed by atoms with Gasteiger partial charge in [-0.3, -0.25) is 9.97 Å². The van der Waals surface area contributed by atoms with E-state index in [1.54, 1.807) is 12.4 Å². The van der Waals surface area contributed by atoms with Gasteiger partial charge in [-0.15, -0.1) is 0 Å². The van der Waals surface area contributed by atoms with E-state index < -0.39 is 5.41 Å². The van der Waals surface area contributed by atoms with Crippen molar-refractivity contribution in [2.75, 3.05) is 0 Å². The molecule has 10 rings (SSSR count). The summed E-state index contributed by atoms with van der Waals surface area (Å²) >= 11 is 0. The van der Waals surface area contributed by atoms with Gasteiger partial charge >= 0.3 is 0 Å². The van der Waals surface area contributed by atoms with Crippen LogP contribution in [0.2, 0.25) is 0 Å². The van der Waals surface area contributed by atoms with Crippen molar-refractivity contribution in [2.24, 2.45) is 0 Å². The zero-order valence-corrected chi connectivity index (χ0v) is 26.1. The molecule has 0 atom stereocenters. The first kappa shape index (κ1) is 27.3. The molecular formula is C45H24N4. The second kappa shape index (κ2) is 10.1. The van der Waals surface area contributed by atoms with Crippen molar-refractivity contribution < 1.29 is 0 Å². The minimum atomic E-state index is -0.624. The van der Waals surface area contributed by atoms with Crippen LogP contribution in [0, 0.1) is 17.9 Å². The van der Waals surface area contributed by atoms with Gasteiger partial charge in [-0.05, 0) is 107 Å². The number of hydrogen-bond acceptors (Lipinski definition) is 3. The Bertz CT molecular complexity index is 2620. The Hall–Kier alpha value is -6.88. The van der Waals surface area contributed by atoms with E-state index in [-0.39, 0.29) is 0 Å². The molecule has 2 aliphatic rings. The minimum Gasteiger partial charge on any atom is -0.276 e. The third kappa shape index (κ3) is 3.55. The number of aromatic nitrogens is 2. The molecule has 224 valence electrons. The third-order valence-electron chi connectivity index (χ3n) is 10.4. The Morgan fingerprint density at radius 2 is 1.00 bits per heavy atom. The van der Waals surface area contributed by atoms with Gasteiger partial charge in [0.25, 0.3) is 0 Å². The van der Waals surface area contributed by atoms with Crippen molar-refractivity contribution in [1.82, 2.24) is 9.97 Å². The van der Waals surface area contributed by atoms with Crippen molar-refractivity contribution in [3.8, 4) is 50.6 Å². The number of fused-ring (bicyclic) bond motifs is 14. The molecule has 2 heterocycles. The Morgan fingerprint density at radius 3 is 1.55 bits per heavy atom. The van der Waals surface area contributed by atoms with E-state index in [2.05, 4.69) is 130 Å². The molecule has 2 aliphatic carbocycles. The van der Waals surface area contributed by atoms with Crippen LogP contribution < -0.4 is 0 Å². The molecule has 0 saturated heterocycles. The normalized spacial score (nSPS) is 13.0. The van der Waals surface area contributed by atoms with Crippen LogP contribution in [0.4, 0.5) is 5.69 Å². The molecule has 0 amide bonds. The van der Waals surface area contributed by atoms with Crippen LogP contribution in [0.5, 0.6) is 0 Å². The summed E-state index contributed by atoms with van der Waals surface area (Å²) in [6.45, 7) is 7.73. The first-order valence-corrected chi connectivity index (χ1v) is 16.2. The Labute approximate surface area is 283 Å². The van der Waals surface area contributed by atoms with Gasteiger partial charge in [-0.1, -0.05) is 97.1 Å². The van der Waals surface area contributed by atoms with E-state index in [1.165, 1.54) is 44.5 Å². The molecule has 0 radical (unpaired) electrons. The van der Waals surface area contributed by atoms with Crippen molar-refractivity contribution in [3.63, 3.8) is 0 Å². The minimum absolute atomic E-state index is 0.514. The van der Waals surface area contributed by atoms with Crippen LogP contribution in [-0.4, -0.2) is 9.97 Å². The number of nitrogens with zero attached hydrogens (tertiary/aromatic N) is 4. The maximum Gasteiger partial charge on any atom is 0.205 e. The van der Waals surface area contributed by atoms with Crippen molar-refractivity contribution in [3.05, 3.63) is 185 Å². The zero-order valence-electron chi connectivity index (χ0n) is 26.1. The molecule has 0 N–H and O–H groups in total. The Morgan fingerprint density at radius 1 is 0.510 bits per heavy atom. The van der Waals surface area contributed by atoms with Gasteiger partial charge in [0, 0.05) is 30.4 Å². The second-order valence-electron chi connectivity index (χ2n) is 12.7. The number of benzene rings is 6. The standard InChI is InChI=1S/C45H24N4/c1-47-30-19-29(25-49-26-30)38-21-42-44(36-15-5-3-11-32(36)38)43-35-14-4-2-10-31(35)37(28-18-27(22-46)23-48-24-28)20-41(43)45(42)39-16-8-6-12-33(39)34-13-7-9-17-40(34)45/h2-21,23-26H. The molecular weight excluding hydrogens is 597 g/mol.